The Morgan fingerprint density at radius 1 is 0.828 bits per heavy atom. The molecule has 0 N–H and O–H groups in total. The Hall–Kier alpha value is -3.67. The minimum absolute atomic E-state index is 0.0218. The van der Waals surface area contributed by atoms with E-state index in [1.807, 2.05) is 0 Å². The van der Waals surface area contributed by atoms with Gasteiger partial charge in [0.2, 0.25) is 5.78 Å². The normalized spacial score (nSPS) is 11.6. The van der Waals surface area contributed by atoms with Crippen LogP contribution in [0.25, 0.3) is 22.1 Å². The highest BCUT2D eigenvalue weighted by atomic mass is 19.4. The molecule has 29 heavy (non-hydrogen) atoms. The van der Waals surface area contributed by atoms with Gasteiger partial charge in [-0.2, -0.15) is 13.2 Å². The number of carbonyl (C=O) groups excluding carboxylic acids is 1. The molecule has 0 aliphatic heterocycles. The second-order valence-corrected chi connectivity index (χ2v) is 6.41. The third kappa shape index (κ3) is 3.45. The molecule has 0 radical (unpaired) electrons. The molecule has 0 aliphatic carbocycles. The lowest BCUT2D eigenvalue weighted by molar-refractivity contribution is -0.137. The van der Waals surface area contributed by atoms with Crippen LogP contribution in [0.3, 0.4) is 0 Å². The SMILES string of the molecule is O=C(c1ccccc1)c1c(-c2ccccc2)c2cc(C(F)(F)F)ccc2oc1=O. The van der Waals surface area contributed by atoms with Gasteiger partial charge in [0.1, 0.15) is 11.1 Å². The predicted molar refractivity (Wildman–Crippen MR) is 103 cm³/mol. The zero-order chi connectivity index (χ0) is 20.6. The molecule has 0 saturated heterocycles. The van der Waals surface area contributed by atoms with Crippen molar-refractivity contribution in [2.24, 2.45) is 0 Å². The van der Waals surface area contributed by atoms with Crippen molar-refractivity contribution in [1.29, 1.82) is 0 Å². The lowest BCUT2D eigenvalue weighted by atomic mass is 9.92. The quantitative estimate of drug-likeness (QED) is 0.330. The predicted octanol–water partition coefficient (Wildman–Crippen LogP) is 5.71. The molecule has 0 bridgehead atoms. The zero-order valence-electron chi connectivity index (χ0n) is 14.9. The highest BCUT2D eigenvalue weighted by Gasteiger charge is 2.32. The number of carbonyl (C=O) groups is 1. The molecule has 0 aliphatic rings. The van der Waals surface area contributed by atoms with Gasteiger partial charge in [0.15, 0.2) is 0 Å². The summed E-state index contributed by atoms with van der Waals surface area (Å²) in [7, 11) is 0. The van der Waals surface area contributed by atoms with Gasteiger partial charge < -0.3 is 4.42 Å². The van der Waals surface area contributed by atoms with Crippen LogP contribution in [0.2, 0.25) is 0 Å². The van der Waals surface area contributed by atoms with Gasteiger partial charge >= 0.3 is 11.8 Å². The third-order valence-electron chi connectivity index (χ3n) is 4.56. The van der Waals surface area contributed by atoms with Gasteiger partial charge in [-0.1, -0.05) is 60.7 Å². The first kappa shape index (κ1) is 18.7. The molecule has 6 heteroatoms. The van der Waals surface area contributed by atoms with Crippen LogP contribution in [0.1, 0.15) is 21.5 Å². The average Bonchev–Trinajstić information content (AvgIpc) is 2.72. The fourth-order valence-electron chi connectivity index (χ4n) is 3.22. The van der Waals surface area contributed by atoms with Crippen LogP contribution in [0.4, 0.5) is 13.2 Å². The van der Waals surface area contributed by atoms with E-state index in [0.29, 0.717) is 5.56 Å². The molecule has 0 spiro atoms. The number of hydrogen-bond acceptors (Lipinski definition) is 3. The van der Waals surface area contributed by atoms with Crippen LogP contribution < -0.4 is 5.63 Å². The lowest BCUT2D eigenvalue weighted by Crippen LogP contribution is -2.17. The van der Waals surface area contributed by atoms with Gasteiger partial charge in [-0.15, -0.1) is 0 Å². The van der Waals surface area contributed by atoms with Crippen LogP contribution >= 0.6 is 0 Å². The molecule has 0 saturated carbocycles. The molecule has 0 unspecified atom stereocenters. The summed E-state index contributed by atoms with van der Waals surface area (Å²) in [6, 6.07) is 19.3. The Morgan fingerprint density at radius 2 is 1.45 bits per heavy atom. The zero-order valence-corrected chi connectivity index (χ0v) is 14.9. The van der Waals surface area contributed by atoms with Gasteiger partial charge in [0.05, 0.1) is 5.56 Å². The first-order valence-corrected chi connectivity index (χ1v) is 8.69. The second kappa shape index (κ2) is 7.05. The summed E-state index contributed by atoms with van der Waals surface area (Å²) >= 11 is 0. The summed E-state index contributed by atoms with van der Waals surface area (Å²) in [6.45, 7) is 0. The number of alkyl halides is 3. The standard InChI is InChI=1S/C23H13F3O3/c24-23(25,26)16-11-12-18-17(13-16)19(14-7-3-1-4-8-14)20(22(28)29-18)21(27)15-9-5-2-6-10-15/h1-13H. The Bertz CT molecular complexity index is 1260. The number of halogens is 3. The molecule has 0 atom stereocenters. The van der Waals surface area contributed by atoms with Crippen LogP contribution in [0, 0.1) is 0 Å². The van der Waals surface area contributed by atoms with Crippen molar-refractivity contribution in [2.75, 3.05) is 0 Å². The van der Waals surface area contributed by atoms with Crippen molar-refractivity contribution < 1.29 is 22.4 Å². The molecule has 0 amide bonds. The van der Waals surface area contributed by atoms with Crippen LogP contribution in [0.5, 0.6) is 0 Å². The smallest absolute Gasteiger partial charge is 0.416 e. The van der Waals surface area contributed by atoms with E-state index >= 15 is 0 Å². The Kier molecular flexibility index (Phi) is 4.54. The van der Waals surface area contributed by atoms with Gasteiger partial charge in [-0.05, 0) is 23.8 Å². The molecule has 1 aromatic heterocycles. The highest BCUT2D eigenvalue weighted by Crippen LogP contribution is 2.36. The number of rotatable bonds is 3. The average molecular weight is 394 g/mol. The maximum atomic E-state index is 13.3. The van der Waals surface area contributed by atoms with Gasteiger partial charge in [-0.3, -0.25) is 4.79 Å². The molecule has 144 valence electrons. The second-order valence-electron chi connectivity index (χ2n) is 6.41. The van der Waals surface area contributed by atoms with Crippen molar-refractivity contribution >= 4 is 16.8 Å². The Morgan fingerprint density at radius 3 is 2.07 bits per heavy atom. The maximum absolute atomic E-state index is 13.3. The van der Waals surface area contributed by atoms with E-state index in [-0.39, 0.29) is 27.7 Å². The van der Waals surface area contributed by atoms with E-state index in [2.05, 4.69) is 0 Å². The first-order valence-electron chi connectivity index (χ1n) is 8.69. The van der Waals surface area contributed by atoms with Crippen molar-refractivity contribution in [3.63, 3.8) is 0 Å². The Balaban J connectivity index is 2.11. The number of ketones is 1. The first-order chi connectivity index (χ1) is 13.9. The van der Waals surface area contributed by atoms with Gasteiger partial charge in [-0.25, -0.2) is 4.79 Å². The monoisotopic (exact) mass is 394 g/mol. The molecule has 3 nitrogen and oxygen atoms in total. The van der Waals surface area contributed by atoms with Crippen LogP contribution in [0.15, 0.2) is 88.1 Å². The summed E-state index contributed by atoms with van der Waals surface area (Å²) in [5, 5.41) is 0.0462. The molecule has 4 rings (SSSR count). The molecular weight excluding hydrogens is 381 g/mol. The Labute approximate surface area is 163 Å². The number of benzene rings is 3. The van der Waals surface area contributed by atoms with E-state index in [0.717, 1.165) is 18.2 Å². The topological polar surface area (TPSA) is 47.3 Å². The summed E-state index contributed by atoms with van der Waals surface area (Å²) in [6.07, 6.45) is -4.58. The number of hydrogen-bond donors (Lipinski definition) is 0. The van der Waals surface area contributed by atoms with Crippen LogP contribution in [-0.4, -0.2) is 5.78 Å². The van der Waals surface area contributed by atoms with Gasteiger partial charge in [0, 0.05) is 16.5 Å². The summed E-state index contributed by atoms with van der Waals surface area (Å²) in [4.78, 5) is 25.8. The molecule has 0 fully saturated rings. The van der Waals surface area contributed by atoms with E-state index in [1.54, 1.807) is 48.5 Å². The van der Waals surface area contributed by atoms with Gasteiger partial charge in [0.25, 0.3) is 0 Å². The maximum Gasteiger partial charge on any atom is 0.416 e. The van der Waals surface area contributed by atoms with E-state index in [9.17, 15) is 22.8 Å². The minimum atomic E-state index is -4.58. The van der Waals surface area contributed by atoms with E-state index in [4.69, 9.17) is 4.42 Å². The highest BCUT2D eigenvalue weighted by molar-refractivity contribution is 6.16. The minimum Gasteiger partial charge on any atom is -0.422 e. The summed E-state index contributed by atoms with van der Waals surface area (Å²) in [5.74, 6) is -0.613. The molecule has 4 aromatic rings. The molecule has 1 heterocycles. The number of fused-ring (bicyclic) bond motifs is 1. The van der Waals surface area contributed by atoms with E-state index in [1.165, 1.54) is 12.1 Å². The fraction of sp³-hybridized carbons (Fsp3) is 0.0435. The van der Waals surface area contributed by atoms with Crippen molar-refractivity contribution in [1.82, 2.24) is 0 Å². The van der Waals surface area contributed by atoms with E-state index < -0.39 is 23.1 Å². The fourth-order valence-corrected chi connectivity index (χ4v) is 3.22. The summed E-state index contributed by atoms with van der Waals surface area (Å²) in [5.41, 5.74) is -1.30. The largest absolute Gasteiger partial charge is 0.422 e. The summed E-state index contributed by atoms with van der Waals surface area (Å²) < 4.78 is 45.1. The molecular formula is C23H13F3O3. The van der Waals surface area contributed by atoms with Crippen molar-refractivity contribution in [3.8, 4) is 11.1 Å². The van der Waals surface area contributed by atoms with Crippen molar-refractivity contribution in [2.45, 2.75) is 6.18 Å². The third-order valence-corrected chi connectivity index (χ3v) is 4.56. The van der Waals surface area contributed by atoms with Crippen LogP contribution in [-0.2, 0) is 6.18 Å². The van der Waals surface area contributed by atoms with Crippen molar-refractivity contribution in [3.05, 3.63) is 106 Å². The molecule has 3 aromatic carbocycles. The lowest BCUT2D eigenvalue weighted by Gasteiger charge is -2.13.